The second-order valence-corrected chi connectivity index (χ2v) is 9.13. The van der Waals surface area contributed by atoms with Crippen molar-refractivity contribution in [1.29, 1.82) is 0 Å². The minimum atomic E-state index is -1.14. The van der Waals surface area contributed by atoms with Crippen molar-refractivity contribution >= 4 is 18.0 Å². The van der Waals surface area contributed by atoms with Crippen molar-refractivity contribution < 1.29 is 28.6 Å². The first-order valence-electron chi connectivity index (χ1n) is 10.4. The molecule has 172 valence electrons. The molecule has 2 aromatic rings. The Balaban J connectivity index is 2.15. The van der Waals surface area contributed by atoms with Gasteiger partial charge in [-0.2, -0.15) is 0 Å². The van der Waals surface area contributed by atoms with Gasteiger partial charge in [-0.05, 0) is 38.5 Å². The molecule has 0 saturated carbocycles. The second-order valence-electron chi connectivity index (χ2n) is 9.13. The molecular formula is C25H31NO6. The van der Waals surface area contributed by atoms with E-state index in [1.165, 1.54) is 0 Å². The van der Waals surface area contributed by atoms with Crippen molar-refractivity contribution in [2.75, 3.05) is 0 Å². The zero-order valence-electron chi connectivity index (χ0n) is 19.2. The van der Waals surface area contributed by atoms with E-state index in [0.29, 0.717) is 5.75 Å². The molecule has 2 aromatic carbocycles. The first-order valence-corrected chi connectivity index (χ1v) is 10.4. The first-order chi connectivity index (χ1) is 15.0. The average molecular weight is 442 g/mol. The molecule has 0 aromatic heterocycles. The van der Waals surface area contributed by atoms with Crippen molar-refractivity contribution in [3.63, 3.8) is 0 Å². The molecule has 0 heterocycles. The van der Waals surface area contributed by atoms with E-state index < -0.39 is 35.1 Å². The van der Waals surface area contributed by atoms with Gasteiger partial charge in [-0.1, -0.05) is 62.4 Å². The van der Waals surface area contributed by atoms with Crippen LogP contribution in [0.2, 0.25) is 0 Å². The molecule has 0 fully saturated rings. The summed E-state index contributed by atoms with van der Waals surface area (Å²) in [4.78, 5) is 37.9. The molecular weight excluding hydrogens is 410 g/mol. The van der Waals surface area contributed by atoms with Crippen molar-refractivity contribution in [2.45, 2.75) is 59.3 Å². The normalized spacial score (nSPS) is 12.4. The Hall–Kier alpha value is -3.35. The summed E-state index contributed by atoms with van der Waals surface area (Å²) in [5.41, 5.74) is -0.876. The number of carbonyl (C=O) groups excluding carboxylic acids is 3. The number of nitrogens with one attached hydrogen (secondary N) is 1. The summed E-state index contributed by atoms with van der Waals surface area (Å²) in [6, 6.07) is 16.5. The maximum atomic E-state index is 13.0. The summed E-state index contributed by atoms with van der Waals surface area (Å²) in [5.74, 6) is -0.833. The summed E-state index contributed by atoms with van der Waals surface area (Å²) >= 11 is 0. The fraction of sp³-hybridized carbons (Fsp3) is 0.400. The molecule has 2 rings (SSSR count). The lowest BCUT2D eigenvalue weighted by Gasteiger charge is -2.33. The zero-order valence-corrected chi connectivity index (χ0v) is 19.2. The maximum absolute atomic E-state index is 13.0. The van der Waals surface area contributed by atoms with Gasteiger partial charge in [0.05, 0.1) is 6.42 Å². The molecule has 0 radical (unpaired) electrons. The molecule has 32 heavy (non-hydrogen) atoms. The zero-order chi connectivity index (χ0) is 23.8. The number of hydrogen-bond acceptors (Lipinski definition) is 6. The largest absolute Gasteiger partial charge is 0.460 e. The van der Waals surface area contributed by atoms with Crippen LogP contribution in [-0.2, 0) is 25.7 Å². The number of amides is 1. The summed E-state index contributed by atoms with van der Waals surface area (Å²) in [7, 11) is 0. The minimum Gasteiger partial charge on any atom is -0.460 e. The van der Waals surface area contributed by atoms with Gasteiger partial charge in [0.15, 0.2) is 0 Å². The Bertz CT molecular complexity index is 903. The molecule has 0 spiro atoms. The van der Waals surface area contributed by atoms with Crippen LogP contribution < -0.4 is 10.1 Å². The third-order valence-electron chi connectivity index (χ3n) is 4.48. The van der Waals surface area contributed by atoms with Crippen LogP contribution in [0.25, 0.3) is 0 Å². The molecule has 0 unspecified atom stereocenters. The Morgan fingerprint density at radius 3 is 2.00 bits per heavy atom. The van der Waals surface area contributed by atoms with E-state index in [9.17, 15) is 14.4 Å². The monoisotopic (exact) mass is 441 g/mol. The molecule has 7 nitrogen and oxygen atoms in total. The Labute approximate surface area is 189 Å². The SMILES string of the molecule is CC(C)(C)OC(=O)CC(C)(C)[C@H](NC(=O)Oc1ccccc1)C(=O)OCc1ccccc1. The maximum Gasteiger partial charge on any atom is 0.413 e. The average Bonchev–Trinajstić information content (AvgIpc) is 2.69. The fourth-order valence-corrected chi connectivity index (χ4v) is 2.98. The van der Waals surface area contributed by atoms with E-state index >= 15 is 0 Å². The van der Waals surface area contributed by atoms with E-state index in [0.717, 1.165) is 5.56 Å². The number of hydrogen-bond donors (Lipinski definition) is 1. The Morgan fingerprint density at radius 1 is 0.875 bits per heavy atom. The Kier molecular flexibility index (Phi) is 8.41. The van der Waals surface area contributed by atoms with E-state index in [1.807, 2.05) is 30.3 Å². The van der Waals surface area contributed by atoms with Crippen molar-refractivity contribution in [2.24, 2.45) is 5.41 Å². The predicted molar refractivity (Wildman–Crippen MR) is 120 cm³/mol. The van der Waals surface area contributed by atoms with E-state index in [2.05, 4.69) is 5.32 Å². The molecule has 1 atom stereocenters. The van der Waals surface area contributed by atoms with Gasteiger partial charge in [-0.25, -0.2) is 9.59 Å². The van der Waals surface area contributed by atoms with Gasteiger partial charge in [0.1, 0.15) is 24.0 Å². The highest BCUT2D eigenvalue weighted by molar-refractivity contribution is 5.84. The van der Waals surface area contributed by atoms with Gasteiger partial charge in [-0.15, -0.1) is 0 Å². The summed E-state index contributed by atoms with van der Waals surface area (Å²) in [6.07, 6.45) is -0.934. The number of benzene rings is 2. The summed E-state index contributed by atoms with van der Waals surface area (Å²) in [5, 5.41) is 2.57. The van der Waals surface area contributed by atoms with E-state index in [4.69, 9.17) is 14.2 Å². The van der Waals surface area contributed by atoms with Crippen molar-refractivity contribution in [3.05, 3.63) is 66.2 Å². The van der Waals surface area contributed by atoms with Crippen LogP contribution in [0.1, 0.15) is 46.6 Å². The predicted octanol–water partition coefficient (Wildman–Crippen LogP) is 4.65. The molecule has 0 bridgehead atoms. The van der Waals surface area contributed by atoms with Gasteiger partial charge in [0, 0.05) is 5.41 Å². The number of rotatable bonds is 8. The van der Waals surface area contributed by atoms with Crippen LogP contribution in [0, 0.1) is 5.41 Å². The van der Waals surface area contributed by atoms with Crippen LogP contribution in [-0.4, -0.2) is 29.7 Å². The highest BCUT2D eigenvalue weighted by Crippen LogP contribution is 2.28. The topological polar surface area (TPSA) is 90.9 Å². The Morgan fingerprint density at radius 2 is 1.44 bits per heavy atom. The van der Waals surface area contributed by atoms with Gasteiger partial charge >= 0.3 is 18.0 Å². The highest BCUT2D eigenvalue weighted by atomic mass is 16.6. The second kappa shape index (κ2) is 10.8. The fourth-order valence-electron chi connectivity index (χ4n) is 2.98. The van der Waals surface area contributed by atoms with Crippen LogP contribution in [0.3, 0.4) is 0 Å². The van der Waals surface area contributed by atoms with E-state index in [1.54, 1.807) is 65.0 Å². The number of ether oxygens (including phenoxy) is 3. The quantitative estimate of drug-likeness (QED) is 0.600. The van der Waals surface area contributed by atoms with Crippen LogP contribution >= 0.6 is 0 Å². The van der Waals surface area contributed by atoms with Crippen molar-refractivity contribution in [3.8, 4) is 5.75 Å². The first kappa shape index (κ1) is 24.9. The number of carbonyl (C=O) groups is 3. The van der Waals surface area contributed by atoms with Crippen molar-refractivity contribution in [1.82, 2.24) is 5.32 Å². The van der Waals surface area contributed by atoms with Crippen LogP contribution in [0.5, 0.6) is 5.75 Å². The van der Waals surface area contributed by atoms with Crippen LogP contribution in [0.15, 0.2) is 60.7 Å². The van der Waals surface area contributed by atoms with E-state index in [-0.39, 0.29) is 13.0 Å². The smallest absolute Gasteiger partial charge is 0.413 e. The molecule has 1 amide bonds. The molecule has 1 N–H and O–H groups in total. The third kappa shape index (κ3) is 8.41. The van der Waals surface area contributed by atoms with Gasteiger partial charge < -0.3 is 19.5 Å². The van der Waals surface area contributed by atoms with Gasteiger partial charge in [0.25, 0.3) is 0 Å². The highest BCUT2D eigenvalue weighted by Gasteiger charge is 2.41. The molecule has 0 aliphatic heterocycles. The summed E-state index contributed by atoms with van der Waals surface area (Å²) < 4.78 is 16.1. The van der Waals surface area contributed by atoms with Gasteiger partial charge in [0.2, 0.25) is 0 Å². The lowest BCUT2D eigenvalue weighted by atomic mass is 9.81. The lowest BCUT2D eigenvalue weighted by Crippen LogP contribution is -2.52. The standard InChI is InChI=1S/C25H31NO6/c1-24(2,3)32-20(27)16-25(4,5)21(22(28)30-17-18-12-8-6-9-13-18)26-23(29)31-19-14-10-7-11-15-19/h6-15,21H,16-17H2,1-5H3,(H,26,29)/t21-/m1/s1. The van der Waals surface area contributed by atoms with Crippen LogP contribution in [0.4, 0.5) is 4.79 Å². The number of esters is 2. The summed E-state index contributed by atoms with van der Waals surface area (Å²) in [6.45, 7) is 8.70. The third-order valence-corrected chi connectivity index (χ3v) is 4.48. The molecule has 0 aliphatic rings. The molecule has 7 heteroatoms. The molecule has 0 aliphatic carbocycles. The minimum absolute atomic E-state index is 0.0358. The molecule has 0 saturated heterocycles. The number of para-hydroxylation sites is 1. The lowest BCUT2D eigenvalue weighted by molar-refractivity contribution is -0.159. The van der Waals surface area contributed by atoms with Gasteiger partial charge in [-0.3, -0.25) is 4.79 Å².